The average Bonchev–Trinajstić information content (AvgIpc) is 2.47. The van der Waals surface area contributed by atoms with E-state index in [0.29, 0.717) is 0 Å². The molecule has 14 heavy (non-hydrogen) atoms. The minimum atomic E-state index is 0.968. The molecule has 0 aliphatic heterocycles. The van der Waals surface area contributed by atoms with Crippen LogP contribution in [0.4, 0.5) is 0 Å². The quantitative estimate of drug-likeness (QED) is 0.649. The van der Waals surface area contributed by atoms with Crippen molar-refractivity contribution < 1.29 is 4.42 Å². The number of hydrogen-bond donors (Lipinski definition) is 0. The fourth-order valence-electron chi connectivity index (χ4n) is 1.43. The monoisotopic (exact) mass is 190 g/mol. The van der Waals surface area contributed by atoms with Gasteiger partial charge in [0.05, 0.1) is 0 Å². The molecule has 1 aromatic heterocycles. The fourth-order valence-corrected chi connectivity index (χ4v) is 1.43. The van der Waals surface area contributed by atoms with Crippen molar-refractivity contribution in [2.75, 3.05) is 0 Å². The maximum Gasteiger partial charge on any atom is 0.129 e. The molecule has 0 radical (unpaired) electrons. The number of hydrogen-bond acceptors (Lipinski definition) is 1. The zero-order chi connectivity index (χ0) is 10.6. The molecule has 76 valence electrons. The van der Waals surface area contributed by atoms with E-state index in [1.54, 1.807) is 0 Å². The highest BCUT2D eigenvalue weighted by Gasteiger charge is 2.00. The van der Waals surface area contributed by atoms with Gasteiger partial charge in [-0.1, -0.05) is 24.6 Å². The van der Waals surface area contributed by atoms with E-state index in [-0.39, 0.29) is 0 Å². The third-order valence-corrected chi connectivity index (χ3v) is 2.31. The van der Waals surface area contributed by atoms with Crippen molar-refractivity contribution in [3.63, 3.8) is 0 Å². The maximum atomic E-state index is 5.54. The Labute approximate surface area is 86.1 Å². The van der Waals surface area contributed by atoms with Crippen LogP contribution < -0.4 is 0 Å². The summed E-state index contributed by atoms with van der Waals surface area (Å²) in [7, 11) is 0. The molecule has 1 heterocycles. The summed E-state index contributed by atoms with van der Waals surface area (Å²) in [5, 5.41) is 0. The first-order valence-corrected chi connectivity index (χ1v) is 5.07. The number of furan rings is 1. The molecule has 0 aliphatic carbocycles. The van der Waals surface area contributed by atoms with Crippen LogP contribution >= 0.6 is 0 Å². The molecule has 0 saturated heterocycles. The van der Waals surface area contributed by atoms with Crippen molar-refractivity contribution in [3.8, 4) is 0 Å². The summed E-state index contributed by atoms with van der Waals surface area (Å²) in [5.74, 6) is 1.94. The molecule has 1 rings (SSSR count). The Balaban J connectivity index is 2.83. The molecular weight excluding hydrogens is 172 g/mol. The molecule has 0 spiro atoms. The van der Waals surface area contributed by atoms with Gasteiger partial charge in [-0.2, -0.15) is 0 Å². The van der Waals surface area contributed by atoms with Crippen molar-refractivity contribution in [1.29, 1.82) is 0 Å². The van der Waals surface area contributed by atoms with Crippen LogP contribution in [0.15, 0.2) is 28.2 Å². The van der Waals surface area contributed by atoms with Gasteiger partial charge in [0, 0.05) is 0 Å². The molecule has 0 fully saturated rings. The highest BCUT2D eigenvalue weighted by atomic mass is 16.3. The lowest BCUT2D eigenvalue weighted by molar-refractivity contribution is 0.523. The van der Waals surface area contributed by atoms with E-state index in [0.717, 1.165) is 17.9 Å². The van der Waals surface area contributed by atoms with Crippen LogP contribution in [0.1, 0.15) is 37.4 Å². The number of rotatable bonds is 3. The van der Waals surface area contributed by atoms with Crippen molar-refractivity contribution in [2.24, 2.45) is 0 Å². The van der Waals surface area contributed by atoms with Crippen LogP contribution in [0.3, 0.4) is 0 Å². The van der Waals surface area contributed by atoms with Gasteiger partial charge in [0.1, 0.15) is 11.5 Å². The van der Waals surface area contributed by atoms with Crippen LogP contribution in [-0.2, 0) is 0 Å². The van der Waals surface area contributed by atoms with Crippen molar-refractivity contribution in [3.05, 3.63) is 40.9 Å². The third kappa shape index (κ3) is 2.63. The molecule has 0 N–H and O–H groups in total. The van der Waals surface area contributed by atoms with E-state index in [4.69, 9.17) is 4.42 Å². The Morgan fingerprint density at radius 3 is 2.57 bits per heavy atom. The number of allylic oxidation sites excluding steroid dienone is 3. The first-order valence-electron chi connectivity index (χ1n) is 5.07. The molecule has 0 bridgehead atoms. The molecule has 0 unspecified atom stereocenters. The van der Waals surface area contributed by atoms with Gasteiger partial charge in [0.15, 0.2) is 0 Å². The fraction of sp³-hybridized carbons (Fsp3) is 0.385. The van der Waals surface area contributed by atoms with Crippen LogP contribution in [0.5, 0.6) is 0 Å². The van der Waals surface area contributed by atoms with Crippen molar-refractivity contribution in [1.82, 2.24) is 0 Å². The Kier molecular flexibility index (Phi) is 3.75. The second-order valence-electron chi connectivity index (χ2n) is 3.45. The maximum absolute atomic E-state index is 5.54. The second kappa shape index (κ2) is 4.85. The summed E-state index contributed by atoms with van der Waals surface area (Å²) < 4.78 is 5.54. The average molecular weight is 190 g/mol. The minimum Gasteiger partial charge on any atom is -0.462 e. The summed E-state index contributed by atoms with van der Waals surface area (Å²) in [4.78, 5) is 0. The van der Waals surface area contributed by atoms with Crippen LogP contribution in [0.25, 0.3) is 6.08 Å². The molecule has 0 saturated carbocycles. The lowest BCUT2D eigenvalue weighted by Crippen LogP contribution is -1.74. The van der Waals surface area contributed by atoms with Crippen molar-refractivity contribution >= 4 is 6.08 Å². The topological polar surface area (TPSA) is 13.1 Å². The third-order valence-electron chi connectivity index (χ3n) is 2.31. The molecular formula is C13H18O. The lowest BCUT2D eigenvalue weighted by atomic mass is 10.1. The van der Waals surface area contributed by atoms with Crippen LogP contribution in [-0.4, -0.2) is 0 Å². The molecule has 1 nitrogen and oxygen atoms in total. The predicted octanol–water partition coefficient (Wildman–Crippen LogP) is 4.27. The summed E-state index contributed by atoms with van der Waals surface area (Å²) in [6, 6.07) is 2.06. The van der Waals surface area contributed by atoms with Crippen LogP contribution in [0, 0.1) is 13.8 Å². The van der Waals surface area contributed by atoms with Gasteiger partial charge in [-0.3, -0.25) is 0 Å². The van der Waals surface area contributed by atoms with E-state index >= 15 is 0 Å². The summed E-state index contributed by atoms with van der Waals surface area (Å²) in [6.45, 7) is 8.25. The van der Waals surface area contributed by atoms with E-state index < -0.39 is 0 Å². The van der Waals surface area contributed by atoms with Gasteiger partial charge in [0.25, 0.3) is 0 Å². The Hall–Kier alpha value is -1.24. The van der Waals surface area contributed by atoms with E-state index in [1.165, 1.54) is 11.1 Å². The van der Waals surface area contributed by atoms with Gasteiger partial charge in [-0.15, -0.1) is 0 Å². The van der Waals surface area contributed by atoms with Gasteiger partial charge in [-0.05, 0) is 44.9 Å². The van der Waals surface area contributed by atoms with Gasteiger partial charge in [-0.25, -0.2) is 0 Å². The molecule has 0 aromatic carbocycles. The van der Waals surface area contributed by atoms with E-state index in [9.17, 15) is 0 Å². The standard InChI is InChI=1S/C13H18O/c1-5-12(6-2)7-8-13-10(3)9-11(4)14-13/h5,7-9H,6H2,1-4H3/b8-7-,12-5-. The summed E-state index contributed by atoms with van der Waals surface area (Å²) >= 11 is 0. The molecule has 0 amide bonds. The molecule has 0 atom stereocenters. The highest BCUT2D eigenvalue weighted by molar-refractivity contribution is 5.51. The highest BCUT2D eigenvalue weighted by Crippen LogP contribution is 2.16. The molecule has 1 heteroatoms. The molecule has 0 aliphatic rings. The SMILES string of the molecule is C/C=C(\C=C/c1oc(C)cc1C)CC. The first-order chi connectivity index (χ1) is 6.67. The van der Waals surface area contributed by atoms with E-state index in [1.807, 2.05) is 13.0 Å². The number of aryl methyl sites for hydroxylation is 2. The van der Waals surface area contributed by atoms with Crippen LogP contribution in [0.2, 0.25) is 0 Å². The largest absolute Gasteiger partial charge is 0.462 e. The van der Waals surface area contributed by atoms with Gasteiger partial charge >= 0.3 is 0 Å². The Morgan fingerprint density at radius 2 is 2.14 bits per heavy atom. The Bertz CT molecular complexity index is 353. The summed E-state index contributed by atoms with van der Waals surface area (Å²) in [6.07, 6.45) is 7.35. The van der Waals surface area contributed by atoms with Crippen molar-refractivity contribution in [2.45, 2.75) is 34.1 Å². The zero-order valence-corrected chi connectivity index (χ0v) is 9.42. The normalized spacial score (nSPS) is 12.7. The predicted molar refractivity (Wildman–Crippen MR) is 61.3 cm³/mol. The Morgan fingerprint density at radius 1 is 1.43 bits per heavy atom. The zero-order valence-electron chi connectivity index (χ0n) is 9.42. The first kappa shape index (κ1) is 10.8. The molecule has 1 aromatic rings. The smallest absolute Gasteiger partial charge is 0.129 e. The second-order valence-corrected chi connectivity index (χ2v) is 3.45. The minimum absolute atomic E-state index is 0.968. The summed E-state index contributed by atoms with van der Waals surface area (Å²) in [5.41, 5.74) is 2.53. The van der Waals surface area contributed by atoms with Gasteiger partial charge < -0.3 is 4.42 Å². The van der Waals surface area contributed by atoms with Gasteiger partial charge in [0.2, 0.25) is 0 Å². The lowest BCUT2D eigenvalue weighted by Gasteiger charge is -1.94. The van der Waals surface area contributed by atoms with E-state index in [2.05, 4.69) is 39.0 Å².